The van der Waals surface area contributed by atoms with Crippen LogP contribution in [0, 0.1) is 12.8 Å². The molecular weight excluding hydrogens is 238 g/mol. The maximum absolute atomic E-state index is 11.8. The van der Waals surface area contributed by atoms with Crippen LogP contribution in [0.15, 0.2) is 11.4 Å². The first-order valence-electron chi connectivity index (χ1n) is 5.49. The second-order valence-electron chi connectivity index (χ2n) is 4.48. The average molecular weight is 255 g/mol. The van der Waals surface area contributed by atoms with Crippen LogP contribution in [0.4, 0.5) is 0 Å². The molecule has 0 unspecified atom stereocenters. The lowest BCUT2D eigenvalue weighted by molar-refractivity contribution is -0.139. The number of hydrogen-bond acceptors (Lipinski definition) is 3. The monoisotopic (exact) mass is 255 g/mol. The molecule has 17 heavy (non-hydrogen) atoms. The zero-order valence-corrected chi connectivity index (χ0v) is 11.0. The first-order valence-corrected chi connectivity index (χ1v) is 6.37. The van der Waals surface area contributed by atoms with Gasteiger partial charge in [-0.15, -0.1) is 11.3 Å². The average Bonchev–Trinajstić information content (AvgIpc) is 2.63. The van der Waals surface area contributed by atoms with Crippen molar-refractivity contribution in [2.24, 2.45) is 5.92 Å². The van der Waals surface area contributed by atoms with Crippen molar-refractivity contribution >= 4 is 23.2 Å². The van der Waals surface area contributed by atoms with E-state index in [1.165, 1.54) is 11.3 Å². The Kier molecular flexibility index (Phi) is 4.69. The van der Waals surface area contributed by atoms with Crippen LogP contribution >= 0.6 is 11.3 Å². The molecule has 0 aliphatic carbocycles. The van der Waals surface area contributed by atoms with Crippen molar-refractivity contribution < 1.29 is 14.7 Å². The third-order valence-corrected chi connectivity index (χ3v) is 3.31. The molecule has 2 N–H and O–H groups in total. The van der Waals surface area contributed by atoms with Gasteiger partial charge in [-0.25, -0.2) is 4.79 Å². The van der Waals surface area contributed by atoms with Gasteiger partial charge < -0.3 is 10.4 Å². The molecule has 0 bridgehead atoms. The number of carbonyl (C=O) groups excluding carboxylic acids is 1. The number of aliphatic carboxylic acids is 1. The maximum Gasteiger partial charge on any atom is 0.326 e. The number of thiophene rings is 1. The molecule has 1 atom stereocenters. The predicted octanol–water partition coefficient (Wildman–Crippen LogP) is 2.29. The minimum Gasteiger partial charge on any atom is -0.480 e. The molecule has 0 radical (unpaired) electrons. The molecule has 4 nitrogen and oxygen atoms in total. The molecule has 1 amide bonds. The lowest BCUT2D eigenvalue weighted by Gasteiger charge is -2.15. The standard InChI is InChI=1S/C12H17NO3S/c1-7(2)4-9(12(15)16)13-11(14)10-5-8(3)6-17-10/h5-7,9H,4H2,1-3H3,(H,13,14)(H,15,16)/t9-/m0/s1. The van der Waals surface area contributed by atoms with E-state index in [0.29, 0.717) is 11.3 Å². The summed E-state index contributed by atoms with van der Waals surface area (Å²) in [5, 5.41) is 13.4. The Labute approximate surface area is 105 Å². The van der Waals surface area contributed by atoms with Crippen molar-refractivity contribution in [3.63, 3.8) is 0 Å². The van der Waals surface area contributed by atoms with Gasteiger partial charge in [0, 0.05) is 0 Å². The molecule has 1 rings (SSSR count). The third-order valence-electron chi connectivity index (χ3n) is 2.26. The molecule has 0 aromatic carbocycles. The highest BCUT2D eigenvalue weighted by molar-refractivity contribution is 7.12. The van der Waals surface area contributed by atoms with Gasteiger partial charge in [-0.05, 0) is 36.3 Å². The van der Waals surface area contributed by atoms with Crippen molar-refractivity contribution in [1.82, 2.24) is 5.32 Å². The lowest BCUT2D eigenvalue weighted by atomic mass is 10.0. The molecule has 1 heterocycles. The van der Waals surface area contributed by atoms with Crippen molar-refractivity contribution in [3.05, 3.63) is 21.9 Å². The van der Waals surface area contributed by atoms with Crippen LogP contribution in [0.1, 0.15) is 35.5 Å². The van der Waals surface area contributed by atoms with E-state index in [9.17, 15) is 9.59 Å². The van der Waals surface area contributed by atoms with Gasteiger partial charge in [0.05, 0.1) is 4.88 Å². The van der Waals surface area contributed by atoms with Crippen LogP contribution in [0.25, 0.3) is 0 Å². The van der Waals surface area contributed by atoms with Crippen LogP contribution in [0.5, 0.6) is 0 Å². The van der Waals surface area contributed by atoms with Crippen LogP contribution in [0.2, 0.25) is 0 Å². The number of amides is 1. The summed E-state index contributed by atoms with van der Waals surface area (Å²) in [6.45, 7) is 5.75. The number of aryl methyl sites for hydroxylation is 1. The fraction of sp³-hybridized carbons (Fsp3) is 0.500. The van der Waals surface area contributed by atoms with Gasteiger partial charge >= 0.3 is 5.97 Å². The number of carboxylic acids is 1. The summed E-state index contributed by atoms with van der Waals surface area (Å²) in [6, 6.07) is 0.943. The van der Waals surface area contributed by atoms with E-state index < -0.39 is 12.0 Å². The number of carboxylic acid groups (broad SMARTS) is 1. The number of rotatable bonds is 5. The molecule has 0 spiro atoms. The Hall–Kier alpha value is -1.36. The predicted molar refractivity (Wildman–Crippen MR) is 67.4 cm³/mol. The molecular formula is C12H17NO3S. The van der Waals surface area contributed by atoms with Gasteiger partial charge in [-0.1, -0.05) is 13.8 Å². The molecule has 0 saturated carbocycles. The van der Waals surface area contributed by atoms with E-state index >= 15 is 0 Å². The summed E-state index contributed by atoms with van der Waals surface area (Å²) in [5.74, 6) is -1.07. The van der Waals surface area contributed by atoms with Gasteiger partial charge in [0.2, 0.25) is 0 Å². The largest absolute Gasteiger partial charge is 0.480 e. The summed E-state index contributed by atoms with van der Waals surface area (Å²) in [6.07, 6.45) is 0.436. The minimum atomic E-state index is -0.986. The van der Waals surface area contributed by atoms with E-state index in [1.807, 2.05) is 26.2 Å². The van der Waals surface area contributed by atoms with Gasteiger partial charge in [0.1, 0.15) is 6.04 Å². The van der Waals surface area contributed by atoms with Crippen LogP contribution in [-0.4, -0.2) is 23.0 Å². The van der Waals surface area contributed by atoms with Crippen LogP contribution in [0.3, 0.4) is 0 Å². The van der Waals surface area contributed by atoms with E-state index in [0.717, 1.165) is 5.56 Å². The molecule has 0 aliphatic rings. The number of carbonyl (C=O) groups is 2. The number of hydrogen-bond donors (Lipinski definition) is 2. The summed E-state index contributed by atoms with van der Waals surface area (Å²) in [7, 11) is 0. The molecule has 0 aliphatic heterocycles. The molecule has 0 fully saturated rings. The minimum absolute atomic E-state index is 0.224. The fourth-order valence-corrected chi connectivity index (χ4v) is 2.27. The van der Waals surface area contributed by atoms with E-state index in [-0.39, 0.29) is 11.8 Å². The van der Waals surface area contributed by atoms with Gasteiger partial charge in [-0.2, -0.15) is 0 Å². The van der Waals surface area contributed by atoms with E-state index in [4.69, 9.17) is 5.11 Å². The lowest BCUT2D eigenvalue weighted by Crippen LogP contribution is -2.41. The molecule has 5 heteroatoms. The van der Waals surface area contributed by atoms with E-state index in [1.54, 1.807) is 6.07 Å². The highest BCUT2D eigenvalue weighted by Gasteiger charge is 2.22. The Morgan fingerprint density at radius 2 is 2.12 bits per heavy atom. The zero-order chi connectivity index (χ0) is 13.0. The first kappa shape index (κ1) is 13.7. The van der Waals surface area contributed by atoms with Crippen molar-refractivity contribution in [3.8, 4) is 0 Å². The van der Waals surface area contributed by atoms with Gasteiger partial charge in [0.25, 0.3) is 5.91 Å². The fourth-order valence-electron chi connectivity index (χ4n) is 1.47. The summed E-state index contributed by atoms with van der Waals surface area (Å²) in [5.41, 5.74) is 1.01. The topological polar surface area (TPSA) is 66.4 Å². The van der Waals surface area contributed by atoms with Crippen molar-refractivity contribution in [2.75, 3.05) is 0 Å². The smallest absolute Gasteiger partial charge is 0.326 e. The third kappa shape index (κ3) is 4.19. The normalized spacial score (nSPS) is 12.5. The van der Waals surface area contributed by atoms with E-state index in [2.05, 4.69) is 5.32 Å². The van der Waals surface area contributed by atoms with Crippen LogP contribution < -0.4 is 5.32 Å². The first-order chi connectivity index (χ1) is 7.90. The van der Waals surface area contributed by atoms with Crippen molar-refractivity contribution in [2.45, 2.75) is 33.2 Å². The van der Waals surface area contributed by atoms with Crippen LogP contribution in [-0.2, 0) is 4.79 Å². The summed E-state index contributed by atoms with van der Waals surface area (Å²) < 4.78 is 0. The summed E-state index contributed by atoms with van der Waals surface area (Å²) >= 11 is 1.33. The zero-order valence-electron chi connectivity index (χ0n) is 10.2. The van der Waals surface area contributed by atoms with Gasteiger partial charge in [0.15, 0.2) is 0 Å². The molecule has 1 aromatic heterocycles. The van der Waals surface area contributed by atoms with Crippen molar-refractivity contribution in [1.29, 1.82) is 0 Å². The number of nitrogens with one attached hydrogen (secondary N) is 1. The molecule has 1 aromatic rings. The SMILES string of the molecule is Cc1csc(C(=O)N[C@@H](CC(C)C)C(=O)O)c1. The Morgan fingerprint density at radius 1 is 1.47 bits per heavy atom. The quantitative estimate of drug-likeness (QED) is 0.848. The van der Waals surface area contributed by atoms with Gasteiger partial charge in [-0.3, -0.25) is 4.79 Å². The maximum atomic E-state index is 11.8. The second-order valence-corrected chi connectivity index (χ2v) is 5.39. The Morgan fingerprint density at radius 3 is 2.53 bits per heavy atom. The highest BCUT2D eigenvalue weighted by Crippen LogP contribution is 2.14. The highest BCUT2D eigenvalue weighted by atomic mass is 32.1. The Bertz CT molecular complexity index is 412. The molecule has 94 valence electrons. The molecule has 0 saturated heterocycles. The second kappa shape index (κ2) is 5.82. The summed E-state index contributed by atoms with van der Waals surface area (Å²) in [4.78, 5) is 23.3. The Balaban J connectivity index is 2.67.